The van der Waals surface area contributed by atoms with E-state index >= 15 is 0 Å². The lowest BCUT2D eigenvalue weighted by Crippen LogP contribution is -2.49. The Balaban J connectivity index is 1.75. The molecular weight excluding hydrogens is 254 g/mol. The van der Waals surface area contributed by atoms with Gasteiger partial charge in [-0.3, -0.25) is 0 Å². The normalized spacial score (nSPS) is 32.1. The van der Waals surface area contributed by atoms with Crippen LogP contribution in [0.15, 0.2) is 18.2 Å². The molecule has 4 unspecified atom stereocenters. The third-order valence-corrected chi connectivity index (χ3v) is 4.37. The number of rotatable bonds is 3. The van der Waals surface area contributed by atoms with Crippen molar-refractivity contribution in [3.05, 3.63) is 18.2 Å². The first-order valence-corrected chi connectivity index (χ1v) is 7.41. The van der Waals surface area contributed by atoms with Crippen molar-refractivity contribution >= 4 is 0 Å². The smallest absolute Gasteiger partial charge is 0.231 e. The van der Waals surface area contributed by atoms with Crippen LogP contribution >= 0.6 is 0 Å². The Morgan fingerprint density at radius 1 is 1.15 bits per heavy atom. The summed E-state index contributed by atoms with van der Waals surface area (Å²) in [6.07, 6.45) is 2.58. The fourth-order valence-electron chi connectivity index (χ4n) is 3.42. The first-order valence-electron chi connectivity index (χ1n) is 7.41. The molecule has 0 saturated heterocycles. The van der Waals surface area contributed by atoms with Crippen LogP contribution in [0.1, 0.15) is 26.7 Å². The Hall–Kier alpha value is -1.42. The Morgan fingerprint density at radius 3 is 2.75 bits per heavy atom. The number of benzene rings is 1. The maximum Gasteiger partial charge on any atom is 0.231 e. The summed E-state index contributed by atoms with van der Waals surface area (Å²) in [6, 6.07) is 6.21. The number of nitrogens with one attached hydrogen (secondary N) is 1. The molecule has 1 aliphatic carbocycles. The lowest BCUT2D eigenvalue weighted by atomic mass is 9.78. The molecule has 1 N–H and O–H groups in total. The molecule has 4 heteroatoms. The number of likely N-dealkylation sites (N-methyl/N-ethyl adjacent to an activating group) is 1. The van der Waals surface area contributed by atoms with Crippen molar-refractivity contribution in [1.82, 2.24) is 5.32 Å². The summed E-state index contributed by atoms with van der Waals surface area (Å²) in [6.45, 7) is 4.89. The molecule has 0 bridgehead atoms. The van der Waals surface area contributed by atoms with E-state index in [1.807, 2.05) is 25.2 Å². The molecule has 1 saturated carbocycles. The highest BCUT2D eigenvalue weighted by Gasteiger charge is 2.35. The van der Waals surface area contributed by atoms with E-state index in [0.29, 0.717) is 18.8 Å². The summed E-state index contributed by atoms with van der Waals surface area (Å²) in [5.41, 5.74) is 0. The Labute approximate surface area is 120 Å². The summed E-state index contributed by atoms with van der Waals surface area (Å²) in [7, 11) is 2.02. The highest BCUT2D eigenvalue weighted by Crippen LogP contribution is 2.37. The van der Waals surface area contributed by atoms with Crippen LogP contribution < -0.4 is 19.5 Å². The molecule has 1 aliphatic heterocycles. The number of hydrogen-bond donors (Lipinski definition) is 1. The van der Waals surface area contributed by atoms with Crippen LogP contribution in [0.4, 0.5) is 0 Å². The van der Waals surface area contributed by atoms with Gasteiger partial charge in [0.2, 0.25) is 6.79 Å². The van der Waals surface area contributed by atoms with Crippen LogP contribution in [0.3, 0.4) is 0 Å². The summed E-state index contributed by atoms with van der Waals surface area (Å²) in [5, 5.41) is 3.41. The van der Waals surface area contributed by atoms with E-state index in [2.05, 4.69) is 19.2 Å². The van der Waals surface area contributed by atoms with Crippen molar-refractivity contribution < 1.29 is 14.2 Å². The van der Waals surface area contributed by atoms with Gasteiger partial charge in [-0.05, 0) is 43.9 Å². The van der Waals surface area contributed by atoms with E-state index < -0.39 is 0 Å². The molecule has 0 radical (unpaired) electrons. The van der Waals surface area contributed by atoms with Gasteiger partial charge >= 0.3 is 0 Å². The first-order chi connectivity index (χ1) is 9.67. The summed E-state index contributed by atoms with van der Waals surface area (Å²) < 4.78 is 17.0. The van der Waals surface area contributed by atoms with E-state index in [0.717, 1.165) is 29.6 Å². The maximum absolute atomic E-state index is 6.25. The van der Waals surface area contributed by atoms with Crippen LogP contribution in [0, 0.1) is 11.8 Å². The molecule has 4 nitrogen and oxygen atoms in total. The SMILES string of the molecule is CNC1CC(C)CC(C)C1Oc1ccc2c(c1)OCO2. The zero-order valence-electron chi connectivity index (χ0n) is 12.4. The largest absolute Gasteiger partial charge is 0.488 e. The van der Waals surface area contributed by atoms with Gasteiger partial charge in [0.05, 0.1) is 0 Å². The lowest BCUT2D eigenvalue weighted by molar-refractivity contribution is 0.0505. The molecule has 1 aromatic rings. The number of ether oxygens (including phenoxy) is 3. The Morgan fingerprint density at radius 2 is 1.95 bits per heavy atom. The molecule has 0 aromatic heterocycles. The van der Waals surface area contributed by atoms with Gasteiger partial charge in [0.15, 0.2) is 11.5 Å². The topological polar surface area (TPSA) is 39.7 Å². The van der Waals surface area contributed by atoms with Gasteiger partial charge in [-0.1, -0.05) is 13.8 Å². The minimum atomic E-state index is 0.205. The van der Waals surface area contributed by atoms with Gasteiger partial charge in [0.25, 0.3) is 0 Å². The Bertz CT molecular complexity index is 477. The van der Waals surface area contributed by atoms with Crippen molar-refractivity contribution in [3.8, 4) is 17.2 Å². The van der Waals surface area contributed by atoms with Crippen molar-refractivity contribution in [2.45, 2.75) is 38.8 Å². The molecule has 0 amide bonds. The van der Waals surface area contributed by atoms with Gasteiger partial charge in [-0.25, -0.2) is 0 Å². The molecule has 1 heterocycles. The van der Waals surface area contributed by atoms with Crippen molar-refractivity contribution in [2.24, 2.45) is 11.8 Å². The van der Waals surface area contributed by atoms with Gasteiger partial charge in [-0.2, -0.15) is 0 Å². The van der Waals surface area contributed by atoms with Crippen molar-refractivity contribution in [1.29, 1.82) is 0 Å². The van der Waals surface area contributed by atoms with Crippen LogP contribution in [0.5, 0.6) is 17.2 Å². The van der Waals surface area contributed by atoms with Crippen LogP contribution in [0.2, 0.25) is 0 Å². The predicted molar refractivity (Wildman–Crippen MR) is 77.4 cm³/mol. The molecule has 1 aromatic carbocycles. The van der Waals surface area contributed by atoms with E-state index in [1.165, 1.54) is 6.42 Å². The lowest BCUT2D eigenvalue weighted by Gasteiger charge is -2.39. The van der Waals surface area contributed by atoms with E-state index in [1.54, 1.807) is 0 Å². The monoisotopic (exact) mass is 277 g/mol. The molecule has 0 spiro atoms. The maximum atomic E-state index is 6.25. The standard InChI is InChI=1S/C16H23NO3/c1-10-6-11(2)16(13(7-10)17-3)20-12-4-5-14-15(8-12)19-9-18-14/h4-5,8,10-11,13,16-17H,6-7,9H2,1-3H3. The molecule has 1 fully saturated rings. The fourth-order valence-corrected chi connectivity index (χ4v) is 3.42. The summed E-state index contributed by atoms with van der Waals surface area (Å²) >= 11 is 0. The van der Waals surface area contributed by atoms with Crippen LogP contribution in [0.25, 0.3) is 0 Å². The van der Waals surface area contributed by atoms with Crippen LogP contribution in [-0.2, 0) is 0 Å². The van der Waals surface area contributed by atoms with Crippen molar-refractivity contribution in [2.75, 3.05) is 13.8 Å². The fraction of sp³-hybridized carbons (Fsp3) is 0.625. The molecule has 2 aliphatic rings. The highest BCUT2D eigenvalue weighted by atomic mass is 16.7. The van der Waals surface area contributed by atoms with Gasteiger partial charge in [-0.15, -0.1) is 0 Å². The van der Waals surface area contributed by atoms with Gasteiger partial charge in [0.1, 0.15) is 11.9 Å². The highest BCUT2D eigenvalue weighted by molar-refractivity contribution is 5.47. The summed E-state index contributed by atoms with van der Waals surface area (Å²) in [4.78, 5) is 0. The summed E-state index contributed by atoms with van der Waals surface area (Å²) in [5.74, 6) is 3.73. The third-order valence-electron chi connectivity index (χ3n) is 4.37. The first kappa shape index (κ1) is 13.6. The van der Waals surface area contributed by atoms with Gasteiger partial charge in [0, 0.05) is 12.1 Å². The molecule has 4 atom stereocenters. The number of hydrogen-bond acceptors (Lipinski definition) is 4. The van der Waals surface area contributed by atoms with Gasteiger partial charge < -0.3 is 19.5 Å². The quantitative estimate of drug-likeness (QED) is 0.922. The second kappa shape index (κ2) is 5.52. The molecule has 110 valence electrons. The third kappa shape index (κ3) is 2.57. The Kier molecular flexibility index (Phi) is 3.74. The van der Waals surface area contributed by atoms with E-state index in [4.69, 9.17) is 14.2 Å². The van der Waals surface area contributed by atoms with Crippen LogP contribution in [-0.4, -0.2) is 26.0 Å². The average molecular weight is 277 g/mol. The molecule has 20 heavy (non-hydrogen) atoms. The van der Waals surface area contributed by atoms with Crippen molar-refractivity contribution in [3.63, 3.8) is 0 Å². The molecular formula is C16H23NO3. The zero-order chi connectivity index (χ0) is 14.1. The van der Waals surface area contributed by atoms with E-state index in [-0.39, 0.29) is 6.10 Å². The molecule has 3 rings (SSSR count). The van der Waals surface area contributed by atoms with E-state index in [9.17, 15) is 0 Å². The second-order valence-electron chi connectivity index (χ2n) is 6.05. The second-order valence-corrected chi connectivity index (χ2v) is 6.05. The predicted octanol–water partition coefficient (Wildman–Crippen LogP) is 2.82. The zero-order valence-corrected chi connectivity index (χ0v) is 12.4. The number of fused-ring (bicyclic) bond motifs is 1. The minimum absolute atomic E-state index is 0.205. The minimum Gasteiger partial charge on any atom is -0.488 e. The average Bonchev–Trinajstić information content (AvgIpc) is 2.89.